The molecule has 3 fully saturated rings. The van der Waals surface area contributed by atoms with Crippen molar-refractivity contribution >= 4 is 11.8 Å². The molecule has 0 N–H and O–H groups in total. The fourth-order valence-corrected chi connectivity index (χ4v) is 3.68. The van der Waals surface area contributed by atoms with Crippen molar-refractivity contribution in [2.45, 2.75) is 44.6 Å². The van der Waals surface area contributed by atoms with E-state index in [1.807, 2.05) is 9.80 Å². The molecule has 0 aromatic heterocycles. The first kappa shape index (κ1) is 13.9. The first-order chi connectivity index (χ1) is 9.75. The normalized spacial score (nSPS) is 29.0. The molecule has 3 aliphatic rings. The second kappa shape index (κ2) is 6.12. The van der Waals surface area contributed by atoms with Crippen LogP contribution in [0, 0.1) is 5.92 Å². The number of rotatable bonds is 2. The van der Waals surface area contributed by atoms with Crippen LogP contribution < -0.4 is 0 Å². The lowest BCUT2D eigenvalue weighted by molar-refractivity contribution is -0.139. The van der Waals surface area contributed by atoms with E-state index in [1.165, 1.54) is 19.3 Å². The second-order valence-corrected chi connectivity index (χ2v) is 6.18. The van der Waals surface area contributed by atoms with E-state index < -0.39 is 0 Å². The van der Waals surface area contributed by atoms with Gasteiger partial charge in [0.1, 0.15) is 0 Å². The van der Waals surface area contributed by atoms with Crippen LogP contribution in [0.15, 0.2) is 0 Å². The lowest BCUT2D eigenvalue weighted by Crippen LogP contribution is -2.45. The first-order valence-corrected chi connectivity index (χ1v) is 7.91. The van der Waals surface area contributed by atoms with Crippen LogP contribution in [0.3, 0.4) is 0 Å². The summed E-state index contributed by atoms with van der Waals surface area (Å²) in [7, 11) is 0. The van der Waals surface area contributed by atoms with Crippen molar-refractivity contribution in [2.75, 3.05) is 32.8 Å². The predicted octanol–water partition coefficient (Wildman–Crippen LogP) is 1.03. The molecule has 0 spiro atoms. The summed E-state index contributed by atoms with van der Waals surface area (Å²) in [6.07, 6.45) is 6.36. The van der Waals surface area contributed by atoms with Crippen molar-refractivity contribution in [3.8, 4) is 0 Å². The van der Waals surface area contributed by atoms with Gasteiger partial charge in [-0.3, -0.25) is 9.59 Å². The van der Waals surface area contributed by atoms with E-state index in [4.69, 9.17) is 4.74 Å². The summed E-state index contributed by atoms with van der Waals surface area (Å²) < 4.78 is 5.28. The zero-order valence-electron chi connectivity index (χ0n) is 12.1. The van der Waals surface area contributed by atoms with E-state index >= 15 is 0 Å². The van der Waals surface area contributed by atoms with Crippen LogP contribution in [0.2, 0.25) is 0 Å². The van der Waals surface area contributed by atoms with E-state index in [0.717, 1.165) is 12.8 Å². The third-order valence-corrected chi connectivity index (χ3v) is 4.85. The van der Waals surface area contributed by atoms with E-state index in [2.05, 4.69) is 0 Å². The van der Waals surface area contributed by atoms with Crippen LogP contribution in [-0.4, -0.2) is 60.5 Å². The summed E-state index contributed by atoms with van der Waals surface area (Å²) in [6.45, 7) is 3.23. The van der Waals surface area contributed by atoms with Gasteiger partial charge in [-0.05, 0) is 12.8 Å². The van der Waals surface area contributed by atoms with Crippen molar-refractivity contribution in [3.63, 3.8) is 0 Å². The van der Waals surface area contributed by atoms with Crippen molar-refractivity contribution in [3.05, 3.63) is 0 Å². The molecular weight excluding hydrogens is 256 g/mol. The van der Waals surface area contributed by atoms with Gasteiger partial charge in [0.2, 0.25) is 11.8 Å². The average Bonchev–Trinajstić information content (AvgIpc) is 2.90. The molecule has 2 amide bonds. The minimum Gasteiger partial charge on any atom is -0.378 e. The van der Waals surface area contributed by atoms with Crippen LogP contribution in [0.4, 0.5) is 0 Å². The fourth-order valence-electron chi connectivity index (χ4n) is 3.68. The molecule has 1 aliphatic carbocycles. The van der Waals surface area contributed by atoms with Gasteiger partial charge in [-0.15, -0.1) is 0 Å². The highest BCUT2D eigenvalue weighted by Crippen LogP contribution is 2.29. The van der Waals surface area contributed by atoms with Gasteiger partial charge in [-0.25, -0.2) is 0 Å². The summed E-state index contributed by atoms with van der Waals surface area (Å²) in [5.41, 5.74) is 0. The van der Waals surface area contributed by atoms with Gasteiger partial charge in [0, 0.05) is 32.1 Å². The monoisotopic (exact) mass is 280 g/mol. The molecule has 2 aliphatic heterocycles. The quantitative estimate of drug-likeness (QED) is 0.759. The van der Waals surface area contributed by atoms with Gasteiger partial charge < -0.3 is 14.5 Å². The van der Waals surface area contributed by atoms with Crippen molar-refractivity contribution in [1.82, 2.24) is 9.80 Å². The van der Waals surface area contributed by atoms with Crippen LogP contribution >= 0.6 is 0 Å². The maximum Gasteiger partial charge on any atom is 0.228 e. The molecule has 1 saturated carbocycles. The molecular formula is C15H24N2O3. The van der Waals surface area contributed by atoms with Gasteiger partial charge in [-0.2, -0.15) is 0 Å². The molecule has 0 aromatic carbocycles. The van der Waals surface area contributed by atoms with Crippen LogP contribution in [0.1, 0.15) is 38.5 Å². The second-order valence-electron chi connectivity index (χ2n) is 6.18. The number of hydrogen-bond donors (Lipinski definition) is 0. The minimum absolute atomic E-state index is 0.123. The molecule has 20 heavy (non-hydrogen) atoms. The van der Waals surface area contributed by atoms with Crippen LogP contribution in [0.5, 0.6) is 0 Å². The maximum atomic E-state index is 12.5. The predicted molar refractivity (Wildman–Crippen MR) is 74.1 cm³/mol. The molecule has 112 valence electrons. The summed E-state index contributed by atoms with van der Waals surface area (Å²) in [5, 5.41) is 0. The summed E-state index contributed by atoms with van der Waals surface area (Å²) >= 11 is 0. The largest absolute Gasteiger partial charge is 0.378 e. The first-order valence-electron chi connectivity index (χ1n) is 7.91. The number of likely N-dealkylation sites (tertiary alicyclic amines) is 1. The Balaban J connectivity index is 1.59. The Bertz CT molecular complexity index is 373. The van der Waals surface area contributed by atoms with Gasteiger partial charge in [0.05, 0.1) is 19.1 Å². The Morgan fingerprint density at radius 3 is 2.50 bits per heavy atom. The SMILES string of the molecule is O=C([C@@H]1CC(=O)N(C2CCCCC2)C1)N1CCOCC1. The zero-order valence-corrected chi connectivity index (χ0v) is 12.1. The smallest absolute Gasteiger partial charge is 0.228 e. The highest BCUT2D eigenvalue weighted by Gasteiger charge is 2.39. The minimum atomic E-state index is -0.123. The standard InChI is InChI=1S/C15H24N2O3/c18-14-10-12(15(19)16-6-8-20-9-7-16)11-17(14)13-4-2-1-3-5-13/h12-13H,1-11H2/t12-/m1/s1. The van der Waals surface area contributed by atoms with E-state index in [0.29, 0.717) is 45.3 Å². The molecule has 0 unspecified atom stereocenters. The average molecular weight is 280 g/mol. The lowest BCUT2D eigenvalue weighted by Gasteiger charge is -2.32. The number of nitrogens with zero attached hydrogens (tertiary/aromatic N) is 2. The van der Waals surface area contributed by atoms with E-state index in [9.17, 15) is 9.59 Å². The fraction of sp³-hybridized carbons (Fsp3) is 0.867. The molecule has 0 radical (unpaired) electrons. The highest BCUT2D eigenvalue weighted by molar-refractivity contribution is 5.89. The zero-order chi connectivity index (χ0) is 13.9. The van der Waals surface area contributed by atoms with Crippen molar-refractivity contribution in [1.29, 1.82) is 0 Å². The van der Waals surface area contributed by atoms with Crippen molar-refractivity contribution < 1.29 is 14.3 Å². The van der Waals surface area contributed by atoms with Gasteiger partial charge in [0.25, 0.3) is 0 Å². The van der Waals surface area contributed by atoms with Crippen LogP contribution in [-0.2, 0) is 14.3 Å². The number of amides is 2. The number of carbonyl (C=O) groups is 2. The molecule has 2 saturated heterocycles. The van der Waals surface area contributed by atoms with Crippen LogP contribution in [0.25, 0.3) is 0 Å². The molecule has 5 heteroatoms. The summed E-state index contributed by atoms with van der Waals surface area (Å²) in [6, 6.07) is 0.388. The molecule has 0 bridgehead atoms. The van der Waals surface area contributed by atoms with Gasteiger partial charge in [0.15, 0.2) is 0 Å². The van der Waals surface area contributed by atoms with E-state index in [1.54, 1.807) is 0 Å². The topological polar surface area (TPSA) is 49.9 Å². The molecule has 3 rings (SSSR count). The summed E-state index contributed by atoms with van der Waals surface area (Å²) in [4.78, 5) is 28.5. The molecule has 2 heterocycles. The Labute approximate surface area is 120 Å². The third kappa shape index (κ3) is 2.82. The number of morpholine rings is 1. The van der Waals surface area contributed by atoms with Crippen molar-refractivity contribution in [2.24, 2.45) is 5.92 Å². The van der Waals surface area contributed by atoms with E-state index in [-0.39, 0.29) is 17.7 Å². The Morgan fingerprint density at radius 2 is 1.80 bits per heavy atom. The Hall–Kier alpha value is -1.10. The third-order valence-electron chi connectivity index (χ3n) is 4.85. The number of carbonyl (C=O) groups excluding carboxylic acids is 2. The Kier molecular flexibility index (Phi) is 4.24. The highest BCUT2D eigenvalue weighted by atomic mass is 16.5. The van der Waals surface area contributed by atoms with Gasteiger partial charge >= 0.3 is 0 Å². The number of hydrogen-bond acceptors (Lipinski definition) is 3. The number of ether oxygens (including phenoxy) is 1. The maximum absolute atomic E-state index is 12.5. The lowest BCUT2D eigenvalue weighted by atomic mass is 9.94. The molecule has 0 aromatic rings. The summed E-state index contributed by atoms with van der Waals surface area (Å²) in [5.74, 6) is 0.214. The Morgan fingerprint density at radius 1 is 1.10 bits per heavy atom. The molecule has 5 nitrogen and oxygen atoms in total. The van der Waals surface area contributed by atoms with Gasteiger partial charge in [-0.1, -0.05) is 19.3 Å². The molecule has 1 atom stereocenters.